The summed E-state index contributed by atoms with van der Waals surface area (Å²) in [5.41, 5.74) is 2.05. The van der Waals surface area contributed by atoms with Crippen molar-refractivity contribution < 1.29 is 13.7 Å². The first kappa shape index (κ1) is 18.1. The number of benzene rings is 1. The van der Waals surface area contributed by atoms with Gasteiger partial charge in [0, 0.05) is 32.2 Å². The summed E-state index contributed by atoms with van der Waals surface area (Å²) in [6.45, 7) is 4.66. The number of carbonyl (C=O) groups is 1. The van der Waals surface area contributed by atoms with Gasteiger partial charge in [-0.2, -0.15) is 0 Å². The number of likely N-dealkylation sites (tertiary alicyclic amines) is 1. The molecule has 0 unspecified atom stereocenters. The molecule has 0 atom stereocenters. The second kappa shape index (κ2) is 6.81. The molecule has 4 heterocycles. The first-order valence-electron chi connectivity index (χ1n) is 9.85. The third-order valence-electron chi connectivity index (χ3n) is 5.97. The van der Waals surface area contributed by atoms with Crippen molar-refractivity contribution in [2.24, 2.45) is 0 Å². The SMILES string of the molecule is Cc1cc(C(=O)N2CCC3(CC2)NCCn2c(-c4ccc(F)cc4)cnc23)no1. The smallest absolute Gasteiger partial charge is 0.276 e. The fraction of sp³-hybridized carbons (Fsp3) is 0.381. The third-order valence-corrected chi connectivity index (χ3v) is 5.97. The Bertz CT molecular complexity index is 1050. The molecule has 2 aliphatic rings. The zero-order valence-corrected chi connectivity index (χ0v) is 16.2. The van der Waals surface area contributed by atoms with Gasteiger partial charge in [-0.15, -0.1) is 0 Å². The van der Waals surface area contributed by atoms with Gasteiger partial charge in [0.05, 0.1) is 17.4 Å². The predicted molar refractivity (Wildman–Crippen MR) is 104 cm³/mol. The van der Waals surface area contributed by atoms with E-state index in [1.54, 1.807) is 25.1 Å². The van der Waals surface area contributed by atoms with Crippen LogP contribution < -0.4 is 5.32 Å². The molecule has 0 saturated carbocycles. The lowest BCUT2D eigenvalue weighted by atomic mass is 9.85. The topological polar surface area (TPSA) is 76.2 Å². The minimum Gasteiger partial charge on any atom is -0.361 e. The molecule has 1 fully saturated rings. The first-order chi connectivity index (χ1) is 14.1. The van der Waals surface area contributed by atoms with Gasteiger partial charge in [-0.1, -0.05) is 5.16 Å². The number of halogens is 1. The second-order valence-corrected chi connectivity index (χ2v) is 7.75. The number of hydrogen-bond donors (Lipinski definition) is 1. The van der Waals surface area contributed by atoms with Crippen LogP contribution in [0.25, 0.3) is 11.3 Å². The van der Waals surface area contributed by atoms with Gasteiger partial charge < -0.3 is 19.3 Å². The highest BCUT2D eigenvalue weighted by molar-refractivity contribution is 5.92. The summed E-state index contributed by atoms with van der Waals surface area (Å²) in [5.74, 6) is 1.28. The quantitative estimate of drug-likeness (QED) is 0.722. The number of imidazole rings is 1. The highest BCUT2D eigenvalue weighted by Crippen LogP contribution is 2.37. The van der Waals surface area contributed by atoms with Crippen LogP contribution in [0, 0.1) is 12.7 Å². The molecule has 1 amide bonds. The number of aryl methyl sites for hydroxylation is 1. The lowest BCUT2D eigenvalue weighted by Gasteiger charge is -2.44. The van der Waals surface area contributed by atoms with E-state index in [-0.39, 0.29) is 17.3 Å². The third kappa shape index (κ3) is 3.04. The van der Waals surface area contributed by atoms with Crippen molar-refractivity contribution >= 4 is 5.91 Å². The average molecular weight is 395 g/mol. The lowest BCUT2D eigenvalue weighted by Crippen LogP contribution is -2.56. The fourth-order valence-electron chi connectivity index (χ4n) is 4.44. The molecule has 1 saturated heterocycles. The molecule has 7 nitrogen and oxygen atoms in total. The van der Waals surface area contributed by atoms with Crippen LogP contribution in [0.3, 0.4) is 0 Å². The molecular formula is C21H22FN5O2. The minimum atomic E-state index is -0.257. The van der Waals surface area contributed by atoms with Gasteiger partial charge in [-0.25, -0.2) is 9.37 Å². The van der Waals surface area contributed by atoms with Crippen molar-refractivity contribution in [1.29, 1.82) is 0 Å². The first-order valence-corrected chi connectivity index (χ1v) is 9.85. The summed E-state index contributed by atoms with van der Waals surface area (Å²) < 4.78 is 20.6. The zero-order valence-electron chi connectivity index (χ0n) is 16.2. The van der Waals surface area contributed by atoms with Crippen LogP contribution in [0.2, 0.25) is 0 Å². The van der Waals surface area contributed by atoms with Crippen molar-refractivity contribution in [3.05, 3.63) is 59.6 Å². The van der Waals surface area contributed by atoms with Gasteiger partial charge >= 0.3 is 0 Å². The summed E-state index contributed by atoms with van der Waals surface area (Å²) in [4.78, 5) is 19.2. The molecule has 0 bridgehead atoms. The molecule has 29 heavy (non-hydrogen) atoms. The van der Waals surface area contributed by atoms with Crippen LogP contribution in [0.4, 0.5) is 4.39 Å². The highest BCUT2D eigenvalue weighted by Gasteiger charge is 2.43. The summed E-state index contributed by atoms with van der Waals surface area (Å²) in [6.07, 6.45) is 3.41. The van der Waals surface area contributed by atoms with Crippen LogP contribution in [0.1, 0.15) is 34.9 Å². The van der Waals surface area contributed by atoms with Crippen molar-refractivity contribution in [2.75, 3.05) is 19.6 Å². The summed E-state index contributed by atoms with van der Waals surface area (Å²) in [6, 6.07) is 8.20. The van der Waals surface area contributed by atoms with E-state index in [0.29, 0.717) is 24.5 Å². The van der Waals surface area contributed by atoms with Crippen LogP contribution in [0.15, 0.2) is 41.1 Å². The number of aromatic nitrogens is 3. The van der Waals surface area contributed by atoms with Crippen LogP contribution in [-0.4, -0.2) is 45.1 Å². The molecule has 150 valence electrons. The molecule has 0 aliphatic carbocycles. The maximum absolute atomic E-state index is 13.3. The van der Waals surface area contributed by atoms with E-state index in [2.05, 4.69) is 15.0 Å². The Morgan fingerprint density at radius 2 is 1.97 bits per heavy atom. The maximum atomic E-state index is 13.3. The standard InChI is InChI=1S/C21H22FN5O2/c1-14-12-17(25-29-14)19(28)26-9-6-21(7-10-26)20-23-13-18(27(20)11-8-24-21)15-2-4-16(22)5-3-15/h2-5,12-13,24H,6-11H2,1H3. The Morgan fingerprint density at radius 1 is 1.21 bits per heavy atom. The molecule has 1 N–H and O–H groups in total. The van der Waals surface area contributed by atoms with Crippen molar-refractivity contribution in [3.8, 4) is 11.3 Å². The van der Waals surface area contributed by atoms with Crippen LogP contribution in [0.5, 0.6) is 0 Å². The summed E-state index contributed by atoms with van der Waals surface area (Å²) in [7, 11) is 0. The Labute approximate surface area is 167 Å². The van der Waals surface area contributed by atoms with E-state index in [1.807, 2.05) is 11.1 Å². The van der Waals surface area contributed by atoms with Gasteiger partial charge in [-0.05, 0) is 49.6 Å². The number of carbonyl (C=O) groups excluding carboxylic acids is 1. The number of nitrogens with zero attached hydrogens (tertiary/aromatic N) is 4. The van der Waals surface area contributed by atoms with E-state index in [1.165, 1.54) is 12.1 Å². The van der Waals surface area contributed by atoms with Gasteiger partial charge in [-0.3, -0.25) is 4.79 Å². The number of rotatable bonds is 2. The van der Waals surface area contributed by atoms with Crippen molar-refractivity contribution in [1.82, 2.24) is 24.9 Å². The minimum absolute atomic E-state index is 0.0946. The molecule has 0 radical (unpaired) electrons. The van der Waals surface area contributed by atoms with Gasteiger partial charge in [0.15, 0.2) is 5.69 Å². The Kier molecular flexibility index (Phi) is 4.24. The number of fused-ring (bicyclic) bond motifs is 2. The van der Waals surface area contributed by atoms with Crippen molar-refractivity contribution in [2.45, 2.75) is 31.8 Å². The van der Waals surface area contributed by atoms with Crippen molar-refractivity contribution in [3.63, 3.8) is 0 Å². The normalized spacial score (nSPS) is 18.1. The molecule has 2 aliphatic heterocycles. The summed E-state index contributed by atoms with van der Waals surface area (Å²) >= 11 is 0. The monoisotopic (exact) mass is 395 g/mol. The second-order valence-electron chi connectivity index (χ2n) is 7.75. The molecule has 1 spiro atoms. The largest absolute Gasteiger partial charge is 0.361 e. The molecular weight excluding hydrogens is 373 g/mol. The molecule has 8 heteroatoms. The van der Waals surface area contributed by atoms with E-state index in [4.69, 9.17) is 9.51 Å². The highest BCUT2D eigenvalue weighted by atomic mass is 19.1. The van der Waals surface area contributed by atoms with Gasteiger partial charge in [0.1, 0.15) is 17.4 Å². The molecule has 3 aromatic rings. The number of amides is 1. The molecule has 2 aromatic heterocycles. The molecule has 5 rings (SSSR count). The van der Waals surface area contributed by atoms with E-state index < -0.39 is 0 Å². The summed E-state index contributed by atoms with van der Waals surface area (Å²) in [5, 5.41) is 7.50. The number of piperidine rings is 1. The van der Waals surface area contributed by atoms with E-state index in [0.717, 1.165) is 43.0 Å². The maximum Gasteiger partial charge on any atom is 0.276 e. The van der Waals surface area contributed by atoms with E-state index >= 15 is 0 Å². The lowest BCUT2D eigenvalue weighted by molar-refractivity contribution is 0.0597. The van der Waals surface area contributed by atoms with Gasteiger partial charge in [0.2, 0.25) is 0 Å². The Balaban J connectivity index is 1.39. The van der Waals surface area contributed by atoms with Crippen LogP contribution >= 0.6 is 0 Å². The predicted octanol–water partition coefficient (Wildman–Crippen LogP) is 2.72. The Morgan fingerprint density at radius 3 is 2.66 bits per heavy atom. The number of nitrogens with one attached hydrogen (secondary N) is 1. The van der Waals surface area contributed by atoms with E-state index in [9.17, 15) is 9.18 Å². The molecule has 1 aromatic carbocycles. The van der Waals surface area contributed by atoms with Gasteiger partial charge in [0.25, 0.3) is 5.91 Å². The average Bonchev–Trinajstić information content (AvgIpc) is 3.36. The Hall–Kier alpha value is -3.00. The number of hydrogen-bond acceptors (Lipinski definition) is 5. The zero-order chi connectivity index (χ0) is 20.0. The van der Waals surface area contributed by atoms with Crippen LogP contribution in [-0.2, 0) is 12.1 Å². The fourth-order valence-corrected chi connectivity index (χ4v) is 4.44.